The highest BCUT2D eigenvalue weighted by Crippen LogP contribution is 2.31. The monoisotopic (exact) mass is 459 g/mol. The lowest BCUT2D eigenvalue weighted by atomic mass is 10.1. The van der Waals surface area contributed by atoms with Crippen molar-refractivity contribution in [1.82, 2.24) is 4.90 Å². The van der Waals surface area contributed by atoms with Crippen molar-refractivity contribution in [2.45, 2.75) is 31.5 Å². The molecule has 0 N–H and O–H groups in total. The lowest BCUT2D eigenvalue weighted by Gasteiger charge is -2.24. The molecule has 0 aliphatic rings. The molecular formula is C21H24F3NO5S. The van der Waals surface area contributed by atoms with E-state index in [0.717, 1.165) is 23.8 Å². The topological polar surface area (TPSA) is 72.9 Å². The third-order valence-corrected chi connectivity index (χ3v) is 5.57. The lowest BCUT2D eigenvalue weighted by molar-refractivity contribution is -0.138. The molecule has 0 heterocycles. The fraction of sp³-hybridized carbons (Fsp3) is 0.381. The number of alkyl halides is 3. The third kappa shape index (κ3) is 6.96. The Morgan fingerprint density at radius 3 is 2.29 bits per heavy atom. The van der Waals surface area contributed by atoms with E-state index in [1.165, 1.54) is 19.2 Å². The molecule has 0 fully saturated rings. The maximum Gasteiger partial charge on any atom is 0.416 e. The Labute approximate surface area is 179 Å². The van der Waals surface area contributed by atoms with Gasteiger partial charge in [-0.15, -0.1) is 0 Å². The summed E-state index contributed by atoms with van der Waals surface area (Å²) in [6.45, 7) is 4.64. The number of rotatable bonds is 9. The van der Waals surface area contributed by atoms with Crippen LogP contribution in [-0.2, 0) is 32.4 Å². The summed E-state index contributed by atoms with van der Waals surface area (Å²) in [6, 6.07) is 9.28. The number of hydrogen-bond donors (Lipinski definition) is 0. The highest BCUT2D eigenvalue weighted by molar-refractivity contribution is 7.87. The van der Waals surface area contributed by atoms with Crippen molar-refractivity contribution in [2.24, 2.45) is 5.92 Å². The summed E-state index contributed by atoms with van der Waals surface area (Å²) >= 11 is 0. The van der Waals surface area contributed by atoms with Crippen molar-refractivity contribution < 1.29 is 35.3 Å². The second-order valence-corrected chi connectivity index (χ2v) is 8.66. The Hall–Kier alpha value is -2.59. The molecule has 1 amide bonds. The van der Waals surface area contributed by atoms with Gasteiger partial charge in [0, 0.05) is 26.1 Å². The number of ether oxygens (including phenoxy) is 1. The maximum absolute atomic E-state index is 12.8. The molecule has 2 aromatic carbocycles. The van der Waals surface area contributed by atoms with Crippen LogP contribution in [0.4, 0.5) is 13.2 Å². The predicted octanol–water partition coefficient (Wildman–Crippen LogP) is 4.10. The van der Waals surface area contributed by atoms with E-state index < -0.39 is 26.8 Å². The van der Waals surface area contributed by atoms with Crippen molar-refractivity contribution in [1.29, 1.82) is 0 Å². The van der Waals surface area contributed by atoms with Crippen molar-refractivity contribution in [3.63, 3.8) is 0 Å². The second kappa shape index (κ2) is 10.1. The minimum absolute atomic E-state index is 0.0514. The highest BCUT2D eigenvalue weighted by atomic mass is 32.2. The maximum atomic E-state index is 12.8. The van der Waals surface area contributed by atoms with Crippen LogP contribution >= 0.6 is 0 Å². The van der Waals surface area contributed by atoms with E-state index in [-0.39, 0.29) is 17.6 Å². The number of amides is 1. The van der Waals surface area contributed by atoms with Gasteiger partial charge in [0.2, 0.25) is 5.91 Å². The van der Waals surface area contributed by atoms with Gasteiger partial charge in [-0.1, -0.05) is 32.0 Å². The van der Waals surface area contributed by atoms with Crippen molar-refractivity contribution >= 4 is 16.0 Å². The number of carbonyl (C=O) groups excluding carboxylic acids is 1. The molecule has 0 atom stereocenters. The van der Waals surface area contributed by atoms with Crippen LogP contribution in [0, 0.1) is 5.92 Å². The van der Waals surface area contributed by atoms with E-state index >= 15 is 0 Å². The SMILES string of the molecule is COCCN(Cc1ccc(OS(=O)(=O)c2cccc(C(F)(F)F)c2)cc1)C(=O)C(C)C. The Morgan fingerprint density at radius 1 is 1.10 bits per heavy atom. The second-order valence-electron chi connectivity index (χ2n) is 7.11. The molecule has 0 aliphatic carbocycles. The average Bonchev–Trinajstić information content (AvgIpc) is 2.71. The zero-order valence-electron chi connectivity index (χ0n) is 17.3. The zero-order valence-corrected chi connectivity index (χ0v) is 18.2. The molecular weight excluding hydrogens is 435 g/mol. The van der Waals surface area contributed by atoms with Crippen molar-refractivity contribution in [3.8, 4) is 5.75 Å². The molecule has 0 aliphatic heterocycles. The molecule has 0 unspecified atom stereocenters. The van der Waals surface area contributed by atoms with Gasteiger partial charge in [0.25, 0.3) is 0 Å². The lowest BCUT2D eigenvalue weighted by Crippen LogP contribution is -2.36. The highest BCUT2D eigenvalue weighted by Gasteiger charge is 2.32. The summed E-state index contributed by atoms with van der Waals surface area (Å²) in [5.74, 6) is -0.304. The number of methoxy groups -OCH3 is 1. The van der Waals surface area contributed by atoms with E-state index in [1.807, 2.05) is 0 Å². The number of hydrogen-bond acceptors (Lipinski definition) is 5. The van der Waals surface area contributed by atoms with Crippen molar-refractivity contribution in [3.05, 3.63) is 59.7 Å². The molecule has 0 bridgehead atoms. The standard InChI is InChI=1S/C21H24F3NO5S/c1-15(2)20(26)25(11-12-29-3)14-16-7-9-18(10-8-16)30-31(27,28)19-6-4-5-17(13-19)21(22,23)24/h4-10,13,15H,11-12,14H2,1-3H3. The quantitative estimate of drug-likeness (QED) is 0.528. The van der Waals surface area contributed by atoms with E-state index in [2.05, 4.69) is 0 Å². The normalized spacial score (nSPS) is 12.1. The summed E-state index contributed by atoms with van der Waals surface area (Å²) in [5, 5.41) is 0. The van der Waals surface area contributed by atoms with Gasteiger partial charge in [0.15, 0.2) is 0 Å². The molecule has 0 spiro atoms. The van der Waals surface area contributed by atoms with Gasteiger partial charge >= 0.3 is 16.3 Å². The number of halogens is 3. The van der Waals surface area contributed by atoms with Crippen LogP contribution in [0.5, 0.6) is 5.75 Å². The largest absolute Gasteiger partial charge is 0.416 e. The average molecular weight is 459 g/mol. The molecule has 10 heteroatoms. The van der Waals surface area contributed by atoms with E-state index in [9.17, 15) is 26.4 Å². The van der Waals surface area contributed by atoms with Crippen LogP contribution in [0.15, 0.2) is 53.4 Å². The van der Waals surface area contributed by atoms with E-state index in [1.54, 1.807) is 30.9 Å². The molecule has 170 valence electrons. The third-order valence-electron chi connectivity index (χ3n) is 4.32. The fourth-order valence-corrected chi connectivity index (χ4v) is 3.68. The molecule has 0 saturated heterocycles. The number of benzene rings is 2. The summed E-state index contributed by atoms with van der Waals surface area (Å²) in [5.41, 5.74) is -0.354. The smallest absolute Gasteiger partial charge is 0.383 e. The van der Waals surface area contributed by atoms with Gasteiger partial charge in [-0.25, -0.2) is 0 Å². The Bertz CT molecular complexity index is 989. The van der Waals surface area contributed by atoms with Gasteiger partial charge in [0.1, 0.15) is 10.6 Å². The fourth-order valence-electron chi connectivity index (χ4n) is 2.71. The summed E-state index contributed by atoms with van der Waals surface area (Å²) in [7, 11) is -2.91. The zero-order chi connectivity index (χ0) is 23.2. The van der Waals surface area contributed by atoms with Gasteiger partial charge in [0.05, 0.1) is 12.2 Å². The summed E-state index contributed by atoms with van der Waals surface area (Å²) in [4.78, 5) is 13.4. The van der Waals surface area contributed by atoms with Crippen molar-refractivity contribution in [2.75, 3.05) is 20.3 Å². The Morgan fingerprint density at radius 2 is 1.74 bits per heavy atom. The predicted molar refractivity (Wildman–Crippen MR) is 108 cm³/mol. The molecule has 31 heavy (non-hydrogen) atoms. The van der Waals surface area contributed by atoms with Crippen LogP contribution in [0.25, 0.3) is 0 Å². The van der Waals surface area contributed by atoms with E-state index in [0.29, 0.717) is 25.8 Å². The van der Waals surface area contributed by atoms with Crippen LogP contribution < -0.4 is 4.18 Å². The first-order chi connectivity index (χ1) is 14.4. The van der Waals surface area contributed by atoms with Gasteiger partial charge in [-0.05, 0) is 35.9 Å². The first-order valence-electron chi connectivity index (χ1n) is 9.42. The molecule has 0 radical (unpaired) electrons. The van der Waals surface area contributed by atoms with Crippen LogP contribution in [-0.4, -0.2) is 39.5 Å². The van der Waals surface area contributed by atoms with E-state index in [4.69, 9.17) is 8.92 Å². The first-order valence-corrected chi connectivity index (χ1v) is 10.8. The Balaban J connectivity index is 2.15. The minimum Gasteiger partial charge on any atom is -0.383 e. The number of carbonyl (C=O) groups is 1. The molecule has 0 saturated carbocycles. The summed E-state index contributed by atoms with van der Waals surface area (Å²) in [6.07, 6.45) is -4.67. The molecule has 6 nitrogen and oxygen atoms in total. The van der Waals surface area contributed by atoms with Gasteiger partial charge in [-0.3, -0.25) is 4.79 Å². The molecule has 2 aromatic rings. The van der Waals surface area contributed by atoms with Gasteiger partial charge < -0.3 is 13.8 Å². The van der Waals surface area contributed by atoms with Crippen LogP contribution in [0.2, 0.25) is 0 Å². The summed E-state index contributed by atoms with van der Waals surface area (Å²) < 4.78 is 73.3. The minimum atomic E-state index is -4.67. The number of nitrogens with zero attached hydrogens (tertiary/aromatic N) is 1. The first kappa shape index (κ1) is 24.7. The van der Waals surface area contributed by atoms with Gasteiger partial charge in [-0.2, -0.15) is 21.6 Å². The Kier molecular flexibility index (Phi) is 8.08. The molecule has 2 rings (SSSR count). The van der Waals surface area contributed by atoms with Crippen LogP contribution in [0.3, 0.4) is 0 Å². The molecule has 0 aromatic heterocycles. The van der Waals surface area contributed by atoms with Crippen LogP contribution in [0.1, 0.15) is 25.0 Å².